The summed E-state index contributed by atoms with van der Waals surface area (Å²) in [5.74, 6) is -0.854. The van der Waals surface area contributed by atoms with Gasteiger partial charge in [-0.25, -0.2) is 0 Å². The van der Waals surface area contributed by atoms with Gasteiger partial charge in [-0.05, 0) is 70.6 Å². The Kier molecular flexibility index (Phi) is 53.7. The maximum atomic E-state index is 12.8. The van der Waals surface area contributed by atoms with Crippen molar-refractivity contribution in [3.8, 4) is 0 Å². The Balaban J connectivity index is 4.26. The van der Waals surface area contributed by atoms with Gasteiger partial charge in [0.05, 0.1) is 0 Å². The Hall–Kier alpha value is -2.11. The number of esters is 3. The number of ether oxygens (including phenoxy) is 3. The summed E-state index contributed by atoms with van der Waals surface area (Å²) in [6.07, 6.45) is 64.5. The van der Waals surface area contributed by atoms with Crippen molar-refractivity contribution in [3.05, 3.63) is 24.3 Å². The fourth-order valence-corrected chi connectivity index (χ4v) is 8.73. The van der Waals surface area contributed by atoms with Crippen LogP contribution in [0.4, 0.5) is 0 Å². The molecule has 0 aromatic rings. The molecule has 1 atom stereocenters. The predicted molar refractivity (Wildman–Crippen MR) is 284 cm³/mol. The Morgan fingerprint density at radius 3 is 0.773 bits per heavy atom. The summed E-state index contributed by atoms with van der Waals surface area (Å²) in [5.41, 5.74) is 0. The van der Waals surface area contributed by atoms with Crippen LogP contribution < -0.4 is 0 Å². The van der Waals surface area contributed by atoms with Crippen molar-refractivity contribution in [1.82, 2.24) is 0 Å². The Labute approximate surface area is 411 Å². The van der Waals surface area contributed by atoms with E-state index in [-0.39, 0.29) is 31.1 Å². The molecular weight excluding hydrogens is 817 g/mol. The van der Waals surface area contributed by atoms with E-state index in [1.54, 1.807) is 0 Å². The minimum Gasteiger partial charge on any atom is -0.462 e. The first-order valence-corrected chi connectivity index (χ1v) is 29.3. The molecule has 0 fully saturated rings. The lowest BCUT2D eigenvalue weighted by molar-refractivity contribution is -0.167. The summed E-state index contributed by atoms with van der Waals surface area (Å²) < 4.78 is 16.9. The molecule has 0 bridgehead atoms. The maximum Gasteiger partial charge on any atom is 0.306 e. The van der Waals surface area contributed by atoms with Crippen LogP contribution in [0.1, 0.15) is 323 Å². The van der Waals surface area contributed by atoms with Crippen LogP contribution in [-0.4, -0.2) is 37.2 Å². The van der Waals surface area contributed by atoms with E-state index in [1.807, 2.05) is 0 Å². The molecule has 0 N–H and O–H groups in total. The first-order chi connectivity index (χ1) is 32.5. The van der Waals surface area contributed by atoms with Gasteiger partial charge in [0, 0.05) is 19.3 Å². The first-order valence-electron chi connectivity index (χ1n) is 29.3. The third kappa shape index (κ3) is 52.9. The van der Waals surface area contributed by atoms with Crippen molar-refractivity contribution in [3.63, 3.8) is 0 Å². The lowest BCUT2D eigenvalue weighted by Crippen LogP contribution is -2.30. The van der Waals surface area contributed by atoms with Gasteiger partial charge in [0.1, 0.15) is 13.2 Å². The van der Waals surface area contributed by atoms with E-state index in [2.05, 4.69) is 45.1 Å². The summed E-state index contributed by atoms with van der Waals surface area (Å²) in [6.45, 7) is 6.66. The molecule has 0 rings (SSSR count). The minimum absolute atomic E-state index is 0.0684. The average Bonchev–Trinajstić information content (AvgIpc) is 3.31. The highest BCUT2D eigenvalue weighted by Gasteiger charge is 2.19. The largest absolute Gasteiger partial charge is 0.462 e. The monoisotopic (exact) mass is 929 g/mol. The van der Waals surface area contributed by atoms with Crippen LogP contribution in [0, 0.1) is 0 Å². The molecule has 0 saturated heterocycles. The second-order valence-electron chi connectivity index (χ2n) is 19.9. The van der Waals surface area contributed by atoms with Gasteiger partial charge in [0.25, 0.3) is 0 Å². The zero-order chi connectivity index (χ0) is 47.9. The van der Waals surface area contributed by atoms with Gasteiger partial charge in [-0.1, -0.05) is 257 Å². The zero-order valence-corrected chi connectivity index (χ0v) is 44.5. The lowest BCUT2D eigenvalue weighted by atomic mass is 10.0. The van der Waals surface area contributed by atoms with Crippen LogP contribution in [0.2, 0.25) is 0 Å². The number of allylic oxidation sites excluding steroid dienone is 4. The zero-order valence-electron chi connectivity index (χ0n) is 44.5. The van der Waals surface area contributed by atoms with E-state index in [4.69, 9.17) is 14.2 Å². The number of carbonyl (C=O) groups excluding carboxylic acids is 3. The summed E-state index contributed by atoms with van der Waals surface area (Å²) in [6, 6.07) is 0. The van der Waals surface area contributed by atoms with E-state index in [0.717, 1.165) is 57.8 Å². The molecule has 0 aliphatic rings. The maximum absolute atomic E-state index is 12.8. The van der Waals surface area contributed by atoms with Crippen molar-refractivity contribution >= 4 is 17.9 Å². The quantitative estimate of drug-likeness (QED) is 0.0262. The van der Waals surface area contributed by atoms with Gasteiger partial charge in [-0.15, -0.1) is 0 Å². The van der Waals surface area contributed by atoms with Crippen molar-refractivity contribution < 1.29 is 28.6 Å². The molecule has 0 aliphatic heterocycles. The van der Waals surface area contributed by atoms with Gasteiger partial charge < -0.3 is 14.2 Å². The molecule has 0 unspecified atom stereocenters. The second kappa shape index (κ2) is 55.5. The van der Waals surface area contributed by atoms with Crippen LogP contribution in [0.3, 0.4) is 0 Å². The van der Waals surface area contributed by atoms with Gasteiger partial charge >= 0.3 is 17.9 Å². The van der Waals surface area contributed by atoms with E-state index in [1.165, 1.54) is 225 Å². The van der Waals surface area contributed by atoms with Crippen LogP contribution in [-0.2, 0) is 28.6 Å². The molecule has 6 heteroatoms. The molecule has 0 saturated carbocycles. The van der Waals surface area contributed by atoms with Gasteiger partial charge in [0.2, 0.25) is 0 Å². The molecule has 0 aromatic heterocycles. The van der Waals surface area contributed by atoms with E-state index in [0.29, 0.717) is 19.3 Å². The van der Waals surface area contributed by atoms with E-state index in [9.17, 15) is 14.4 Å². The number of hydrogen-bond acceptors (Lipinski definition) is 6. The third-order valence-electron chi connectivity index (χ3n) is 13.2. The van der Waals surface area contributed by atoms with Crippen LogP contribution in [0.15, 0.2) is 24.3 Å². The number of carbonyl (C=O) groups is 3. The highest BCUT2D eigenvalue weighted by molar-refractivity contribution is 5.71. The average molecular weight is 930 g/mol. The Bertz CT molecular complexity index is 1070. The molecule has 0 aliphatic carbocycles. The smallest absolute Gasteiger partial charge is 0.306 e. The van der Waals surface area contributed by atoms with Crippen molar-refractivity contribution in [2.45, 2.75) is 329 Å². The summed E-state index contributed by atoms with van der Waals surface area (Å²) in [7, 11) is 0. The highest BCUT2D eigenvalue weighted by atomic mass is 16.6. The molecule has 0 aromatic carbocycles. The lowest BCUT2D eigenvalue weighted by Gasteiger charge is -2.18. The van der Waals surface area contributed by atoms with Crippen LogP contribution in [0.25, 0.3) is 0 Å². The number of hydrogen-bond donors (Lipinski definition) is 0. The van der Waals surface area contributed by atoms with Crippen LogP contribution in [0.5, 0.6) is 0 Å². The highest BCUT2D eigenvalue weighted by Crippen LogP contribution is 2.17. The Morgan fingerprint density at radius 2 is 0.500 bits per heavy atom. The molecule has 66 heavy (non-hydrogen) atoms. The summed E-state index contributed by atoms with van der Waals surface area (Å²) in [4.78, 5) is 38.1. The number of unbranched alkanes of at least 4 members (excludes halogenated alkanes) is 39. The minimum atomic E-state index is -0.768. The second-order valence-corrected chi connectivity index (χ2v) is 19.9. The van der Waals surface area contributed by atoms with E-state index >= 15 is 0 Å². The molecule has 0 heterocycles. The first kappa shape index (κ1) is 63.9. The summed E-state index contributed by atoms with van der Waals surface area (Å²) >= 11 is 0. The topological polar surface area (TPSA) is 78.9 Å². The van der Waals surface area contributed by atoms with Gasteiger partial charge in [-0.2, -0.15) is 0 Å². The molecule has 388 valence electrons. The fourth-order valence-electron chi connectivity index (χ4n) is 8.73. The van der Waals surface area contributed by atoms with Crippen molar-refractivity contribution in [2.75, 3.05) is 13.2 Å². The van der Waals surface area contributed by atoms with Crippen LogP contribution >= 0.6 is 0 Å². The predicted octanol–water partition coefficient (Wildman–Crippen LogP) is 19.5. The molecule has 6 nitrogen and oxygen atoms in total. The van der Waals surface area contributed by atoms with Gasteiger partial charge in [0.15, 0.2) is 6.10 Å². The summed E-state index contributed by atoms with van der Waals surface area (Å²) in [5, 5.41) is 0. The van der Waals surface area contributed by atoms with Gasteiger partial charge in [-0.3, -0.25) is 14.4 Å². The standard InChI is InChI=1S/C60H112O6/c1-4-7-10-13-16-19-22-25-27-28-29-30-31-32-34-36-39-41-44-47-50-53-59(62)65-56-57(66-60(63)54-51-48-45-42-37-24-21-18-15-12-9-6-3)55-64-58(61)52-49-46-43-40-38-35-33-26-23-20-17-14-11-8-5-2/h20,23,25,27,57H,4-19,21-22,24,26,28-56H2,1-3H3/b23-20-,27-25-/t57-/m0/s1. The SMILES string of the molecule is CCCCCC/C=C\CCCCCCCCCC(=O)OC[C@@H](COC(=O)CCCCCCCCCCCCC/C=C\CCCCCCCC)OC(=O)CCCCCCCCCCCCCC. The molecular formula is C60H112O6. The molecule has 0 spiro atoms. The molecule has 0 amide bonds. The van der Waals surface area contributed by atoms with E-state index < -0.39 is 6.10 Å². The molecule has 0 radical (unpaired) electrons. The fraction of sp³-hybridized carbons (Fsp3) is 0.883. The van der Waals surface area contributed by atoms with Crippen molar-refractivity contribution in [1.29, 1.82) is 0 Å². The normalized spacial score (nSPS) is 12.1. The Morgan fingerprint density at radius 1 is 0.288 bits per heavy atom. The third-order valence-corrected chi connectivity index (χ3v) is 13.2. The number of rotatable bonds is 54. The van der Waals surface area contributed by atoms with Crippen molar-refractivity contribution in [2.24, 2.45) is 0 Å².